The third-order valence-electron chi connectivity index (χ3n) is 4.47. The number of piperidine rings is 1. The van der Waals surface area contributed by atoms with E-state index in [1.807, 2.05) is 6.92 Å². The summed E-state index contributed by atoms with van der Waals surface area (Å²) in [6, 6.07) is 2.05. The Labute approximate surface area is 127 Å². The van der Waals surface area contributed by atoms with Crippen LogP contribution in [0.4, 0.5) is 5.82 Å². The van der Waals surface area contributed by atoms with Gasteiger partial charge in [0.15, 0.2) is 0 Å². The molecule has 1 aromatic heterocycles. The molecule has 0 amide bonds. The third-order valence-corrected chi connectivity index (χ3v) is 4.47. The predicted molar refractivity (Wildman–Crippen MR) is 83.6 cm³/mol. The number of hydrogen-bond acceptors (Lipinski definition) is 5. The van der Waals surface area contributed by atoms with E-state index in [4.69, 9.17) is 4.74 Å². The average molecular weight is 290 g/mol. The summed E-state index contributed by atoms with van der Waals surface area (Å²) in [6.07, 6.45) is 7.20. The van der Waals surface area contributed by atoms with Crippen LogP contribution in [-0.4, -0.2) is 60.3 Å². The van der Waals surface area contributed by atoms with E-state index in [1.54, 1.807) is 6.33 Å². The third kappa shape index (κ3) is 4.14. The number of aromatic nitrogens is 2. The highest BCUT2D eigenvalue weighted by Gasteiger charge is 2.24. The minimum absolute atomic E-state index is 0.352. The van der Waals surface area contributed by atoms with E-state index in [9.17, 15) is 0 Å². The number of ether oxygens (including phenoxy) is 1. The standard InChI is InChI=1S/C16H26N4O/c1-14-11-16(18-13-17-14)20-8-5-15(12-20)21-10-9-19-6-3-2-4-7-19/h11,13,15H,2-10,12H2,1H3/t15-/m1/s1. The van der Waals surface area contributed by atoms with Crippen LogP contribution < -0.4 is 4.90 Å². The van der Waals surface area contributed by atoms with Crippen LogP contribution in [0.2, 0.25) is 0 Å². The maximum Gasteiger partial charge on any atom is 0.132 e. The summed E-state index contributed by atoms with van der Waals surface area (Å²) >= 11 is 0. The van der Waals surface area contributed by atoms with Crippen LogP contribution in [0.1, 0.15) is 31.4 Å². The van der Waals surface area contributed by atoms with Crippen molar-refractivity contribution in [1.29, 1.82) is 0 Å². The van der Waals surface area contributed by atoms with E-state index in [2.05, 4.69) is 25.8 Å². The summed E-state index contributed by atoms with van der Waals surface area (Å²) in [5.74, 6) is 1.03. The number of likely N-dealkylation sites (tertiary alicyclic amines) is 1. The Hall–Kier alpha value is -1.20. The Morgan fingerprint density at radius 2 is 2.05 bits per heavy atom. The lowest BCUT2D eigenvalue weighted by atomic mass is 10.1. The second-order valence-corrected chi connectivity index (χ2v) is 6.15. The zero-order chi connectivity index (χ0) is 14.5. The summed E-state index contributed by atoms with van der Waals surface area (Å²) in [7, 11) is 0. The smallest absolute Gasteiger partial charge is 0.132 e. The molecule has 5 heteroatoms. The maximum atomic E-state index is 6.06. The molecule has 2 fully saturated rings. The fourth-order valence-corrected chi connectivity index (χ4v) is 3.22. The quantitative estimate of drug-likeness (QED) is 0.828. The topological polar surface area (TPSA) is 41.5 Å². The van der Waals surface area contributed by atoms with E-state index < -0.39 is 0 Å². The van der Waals surface area contributed by atoms with E-state index >= 15 is 0 Å². The Morgan fingerprint density at radius 1 is 1.19 bits per heavy atom. The van der Waals surface area contributed by atoms with E-state index in [-0.39, 0.29) is 0 Å². The summed E-state index contributed by atoms with van der Waals surface area (Å²) in [5.41, 5.74) is 1.02. The molecule has 0 bridgehead atoms. The van der Waals surface area contributed by atoms with Gasteiger partial charge in [0, 0.05) is 31.4 Å². The van der Waals surface area contributed by atoms with Gasteiger partial charge in [-0.05, 0) is 39.3 Å². The lowest BCUT2D eigenvalue weighted by Crippen LogP contribution is -2.34. The molecular weight excluding hydrogens is 264 g/mol. The second-order valence-electron chi connectivity index (χ2n) is 6.15. The molecule has 1 atom stereocenters. The molecule has 0 N–H and O–H groups in total. The number of aryl methyl sites for hydroxylation is 1. The molecule has 0 unspecified atom stereocenters. The zero-order valence-electron chi connectivity index (χ0n) is 13.0. The van der Waals surface area contributed by atoms with E-state index in [0.717, 1.165) is 44.2 Å². The van der Waals surface area contributed by atoms with Gasteiger partial charge in [0.25, 0.3) is 0 Å². The molecule has 0 aromatic carbocycles. The molecule has 2 aliphatic rings. The number of rotatable bonds is 5. The predicted octanol–water partition coefficient (Wildman–Crippen LogP) is 1.87. The highest BCUT2D eigenvalue weighted by Crippen LogP contribution is 2.20. The highest BCUT2D eigenvalue weighted by molar-refractivity contribution is 5.40. The van der Waals surface area contributed by atoms with Crippen LogP contribution in [0.3, 0.4) is 0 Å². The van der Waals surface area contributed by atoms with Gasteiger partial charge in [-0.1, -0.05) is 6.42 Å². The highest BCUT2D eigenvalue weighted by atomic mass is 16.5. The van der Waals surface area contributed by atoms with Crippen molar-refractivity contribution in [3.05, 3.63) is 18.1 Å². The lowest BCUT2D eigenvalue weighted by molar-refractivity contribution is 0.0467. The van der Waals surface area contributed by atoms with Gasteiger partial charge >= 0.3 is 0 Å². The molecule has 2 aliphatic heterocycles. The van der Waals surface area contributed by atoms with Gasteiger partial charge in [-0.15, -0.1) is 0 Å². The molecular formula is C16H26N4O. The van der Waals surface area contributed by atoms with Crippen molar-refractivity contribution in [3.63, 3.8) is 0 Å². The molecule has 0 saturated carbocycles. The van der Waals surface area contributed by atoms with Gasteiger partial charge in [0.1, 0.15) is 12.1 Å². The molecule has 3 rings (SSSR count). The normalized spacial score (nSPS) is 23.7. The van der Waals surface area contributed by atoms with Gasteiger partial charge in [-0.3, -0.25) is 0 Å². The van der Waals surface area contributed by atoms with Crippen molar-refractivity contribution in [2.75, 3.05) is 44.2 Å². The van der Waals surface area contributed by atoms with Crippen molar-refractivity contribution in [3.8, 4) is 0 Å². The summed E-state index contributed by atoms with van der Waals surface area (Å²) in [4.78, 5) is 13.4. The molecule has 5 nitrogen and oxygen atoms in total. The first-order valence-electron chi connectivity index (χ1n) is 8.19. The summed E-state index contributed by atoms with van der Waals surface area (Å²) < 4.78 is 6.06. The largest absolute Gasteiger partial charge is 0.375 e. The Bertz CT molecular complexity index is 448. The SMILES string of the molecule is Cc1cc(N2CC[C@@H](OCCN3CCCCC3)C2)ncn1. The summed E-state index contributed by atoms with van der Waals surface area (Å²) in [5, 5.41) is 0. The van der Waals surface area contributed by atoms with E-state index in [0.29, 0.717) is 6.10 Å². The Kier molecular flexibility index (Phi) is 5.04. The first kappa shape index (κ1) is 14.7. The second kappa shape index (κ2) is 7.18. The number of hydrogen-bond donors (Lipinski definition) is 0. The van der Waals surface area contributed by atoms with Crippen molar-refractivity contribution in [2.45, 2.75) is 38.7 Å². The first-order valence-corrected chi connectivity index (χ1v) is 8.19. The van der Waals surface area contributed by atoms with Crippen molar-refractivity contribution in [1.82, 2.24) is 14.9 Å². The average Bonchev–Trinajstić information content (AvgIpc) is 2.97. The fourth-order valence-electron chi connectivity index (χ4n) is 3.22. The van der Waals surface area contributed by atoms with Crippen LogP contribution >= 0.6 is 0 Å². The molecule has 116 valence electrons. The Balaban J connectivity index is 1.40. The van der Waals surface area contributed by atoms with Gasteiger partial charge in [-0.2, -0.15) is 0 Å². The molecule has 0 aliphatic carbocycles. The molecule has 2 saturated heterocycles. The van der Waals surface area contributed by atoms with Crippen LogP contribution in [0.25, 0.3) is 0 Å². The zero-order valence-corrected chi connectivity index (χ0v) is 13.0. The first-order chi connectivity index (χ1) is 10.3. The minimum Gasteiger partial charge on any atom is -0.375 e. The van der Waals surface area contributed by atoms with Crippen LogP contribution in [-0.2, 0) is 4.74 Å². The van der Waals surface area contributed by atoms with Crippen LogP contribution in [0, 0.1) is 6.92 Å². The lowest BCUT2D eigenvalue weighted by Gasteiger charge is -2.26. The van der Waals surface area contributed by atoms with Gasteiger partial charge in [0.05, 0.1) is 12.7 Å². The molecule has 21 heavy (non-hydrogen) atoms. The maximum absolute atomic E-state index is 6.06. The minimum atomic E-state index is 0.352. The molecule has 0 spiro atoms. The van der Waals surface area contributed by atoms with Gasteiger partial charge < -0.3 is 14.5 Å². The number of anilines is 1. The van der Waals surface area contributed by atoms with E-state index in [1.165, 1.54) is 32.4 Å². The van der Waals surface area contributed by atoms with Gasteiger partial charge in [0.2, 0.25) is 0 Å². The van der Waals surface area contributed by atoms with Crippen molar-refractivity contribution < 1.29 is 4.74 Å². The summed E-state index contributed by atoms with van der Waals surface area (Å²) in [6.45, 7) is 8.44. The monoisotopic (exact) mass is 290 g/mol. The van der Waals surface area contributed by atoms with Crippen LogP contribution in [0.5, 0.6) is 0 Å². The van der Waals surface area contributed by atoms with Crippen LogP contribution in [0.15, 0.2) is 12.4 Å². The number of nitrogens with zero attached hydrogens (tertiary/aromatic N) is 4. The Morgan fingerprint density at radius 3 is 2.86 bits per heavy atom. The molecule has 0 radical (unpaired) electrons. The molecule has 3 heterocycles. The fraction of sp³-hybridized carbons (Fsp3) is 0.750. The van der Waals surface area contributed by atoms with Crippen molar-refractivity contribution >= 4 is 5.82 Å². The van der Waals surface area contributed by atoms with Gasteiger partial charge in [-0.25, -0.2) is 9.97 Å². The van der Waals surface area contributed by atoms with Crippen molar-refractivity contribution in [2.24, 2.45) is 0 Å². The molecule has 1 aromatic rings.